The number of hydrogen-bond donors (Lipinski definition) is 0. The summed E-state index contributed by atoms with van der Waals surface area (Å²) in [5, 5.41) is 0. The average molecular weight is 223 g/mol. The first-order chi connectivity index (χ1) is 7.31. The fraction of sp³-hybridized carbons (Fsp3) is 0.929. The summed E-state index contributed by atoms with van der Waals surface area (Å²) in [6.07, 6.45) is 2.66. The highest BCUT2D eigenvalue weighted by molar-refractivity contribution is 5.74. The van der Waals surface area contributed by atoms with Gasteiger partial charge in [0.15, 0.2) is 0 Å². The lowest BCUT2D eigenvalue weighted by molar-refractivity contribution is -0.188. The van der Waals surface area contributed by atoms with Crippen molar-refractivity contribution in [3.8, 4) is 0 Å². The number of nitrogens with zero attached hydrogens (tertiary/aromatic N) is 1. The molecule has 0 aromatic carbocycles. The summed E-state index contributed by atoms with van der Waals surface area (Å²) in [6, 6.07) is 0. The zero-order valence-corrected chi connectivity index (χ0v) is 11.3. The second-order valence-electron chi connectivity index (χ2n) is 6.77. The van der Waals surface area contributed by atoms with Gasteiger partial charge in [-0.2, -0.15) is 0 Å². The molecule has 1 heterocycles. The Labute approximate surface area is 99.4 Å². The molecule has 2 aliphatic rings. The van der Waals surface area contributed by atoms with Crippen LogP contribution in [-0.4, -0.2) is 23.9 Å². The summed E-state index contributed by atoms with van der Waals surface area (Å²) in [5.74, 6) is 1.78. The minimum absolute atomic E-state index is 0.247. The van der Waals surface area contributed by atoms with Crippen LogP contribution in [0, 0.1) is 22.7 Å². The molecule has 1 aliphatic heterocycles. The minimum atomic E-state index is 0.247. The molecule has 1 saturated carbocycles. The molecule has 16 heavy (non-hydrogen) atoms. The van der Waals surface area contributed by atoms with Crippen LogP contribution in [0.2, 0.25) is 0 Å². The van der Waals surface area contributed by atoms with Gasteiger partial charge in [-0.25, -0.2) is 0 Å². The lowest BCUT2D eigenvalue weighted by Crippen LogP contribution is -2.68. The third-order valence-corrected chi connectivity index (χ3v) is 5.21. The third-order valence-electron chi connectivity index (χ3n) is 5.21. The Balaban J connectivity index is 1.96. The highest BCUT2D eigenvalue weighted by Gasteiger charge is 2.61. The predicted octanol–water partition coefficient (Wildman–Crippen LogP) is 2.93. The number of carbonyl (C=O) groups is 1. The van der Waals surface area contributed by atoms with Crippen molar-refractivity contribution in [1.29, 1.82) is 0 Å². The molecule has 0 aromatic heterocycles. The Morgan fingerprint density at radius 3 is 1.81 bits per heavy atom. The molecule has 2 rings (SSSR count). The van der Waals surface area contributed by atoms with Gasteiger partial charge in [-0.05, 0) is 30.1 Å². The van der Waals surface area contributed by atoms with Crippen LogP contribution < -0.4 is 0 Å². The van der Waals surface area contributed by atoms with Crippen LogP contribution in [-0.2, 0) is 4.79 Å². The second-order valence-corrected chi connectivity index (χ2v) is 6.77. The van der Waals surface area contributed by atoms with Crippen molar-refractivity contribution in [2.24, 2.45) is 22.7 Å². The van der Waals surface area contributed by atoms with E-state index in [0.29, 0.717) is 10.8 Å². The van der Waals surface area contributed by atoms with E-state index in [2.05, 4.69) is 27.7 Å². The number of hydrogen-bond acceptors (Lipinski definition) is 1. The molecule has 0 bridgehead atoms. The van der Waals surface area contributed by atoms with Gasteiger partial charge in [0.1, 0.15) is 0 Å². The number of carbonyl (C=O) groups excluding carboxylic acids is 1. The van der Waals surface area contributed by atoms with Crippen LogP contribution in [0.3, 0.4) is 0 Å². The van der Waals surface area contributed by atoms with E-state index >= 15 is 0 Å². The molecular weight excluding hydrogens is 198 g/mol. The van der Waals surface area contributed by atoms with Gasteiger partial charge in [-0.3, -0.25) is 4.79 Å². The van der Waals surface area contributed by atoms with Gasteiger partial charge in [-0.15, -0.1) is 0 Å². The molecule has 2 nitrogen and oxygen atoms in total. The van der Waals surface area contributed by atoms with Crippen molar-refractivity contribution < 1.29 is 4.79 Å². The van der Waals surface area contributed by atoms with Crippen molar-refractivity contribution in [1.82, 2.24) is 4.90 Å². The van der Waals surface area contributed by atoms with Crippen molar-refractivity contribution in [3.63, 3.8) is 0 Å². The van der Waals surface area contributed by atoms with Crippen molar-refractivity contribution in [2.75, 3.05) is 13.1 Å². The fourth-order valence-electron chi connectivity index (χ4n) is 4.04. The summed E-state index contributed by atoms with van der Waals surface area (Å²) >= 11 is 0. The van der Waals surface area contributed by atoms with Crippen LogP contribution >= 0.6 is 0 Å². The standard InChI is InChI=1S/C14H25NO/c1-10(2)14(11(3)4)6-13(7-14)8-15(9-13)12(5)16/h10-11H,6-9H2,1-5H3. The molecule has 92 valence electrons. The highest BCUT2D eigenvalue weighted by atomic mass is 16.2. The Morgan fingerprint density at radius 1 is 1.06 bits per heavy atom. The first-order valence-electron chi connectivity index (χ1n) is 6.57. The molecule has 0 radical (unpaired) electrons. The first-order valence-corrected chi connectivity index (χ1v) is 6.57. The van der Waals surface area contributed by atoms with Gasteiger partial charge in [0.2, 0.25) is 5.91 Å². The summed E-state index contributed by atoms with van der Waals surface area (Å²) in [4.78, 5) is 13.2. The van der Waals surface area contributed by atoms with E-state index in [9.17, 15) is 4.79 Å². The molecule has 2 heteroatoms. The van der Waals surface area contributed by atoms with Crippen molar-refractivity contribution >= 4 is 5.91 Å². The molecule has 1 saturated heterocycles. The van der Waals surface area contributed by atoms with Gasteiger partial charge < -0.3 is 4.90 Å². The van der Waals surface area contributed by atoms with Gasteiger partial charge >= 0.3 is 0 Å². The van der Waals surface area contributed by atoms with Gasteiger partial charge in [0, 0.05) is 25.4 Å². The molecule has 1 aliphatic carbocycles. The molecule has 0 aromatic rings. The quantitative estimate of drug-likeness (QED) is 0.705. The molecule has 0 atom stereocenters. The van der Waals surface area contributed by atoms with E-state index in [1.54, 1.807) is 6.92 Å². The first kappa shape index (κ1) is 11.9. The molecule has 2 fully saturated rings. The molecule has 1 amide bonds. The monoisotopic (exact) mass is 223 g/mol. The van der Waals surface area contributed by atoms with Crippen molar-refractivity contribution in [3.05, 3.63) is 0 Å². The van der Waals surface area contributed by atoms with E-state index in [-0.39, 0.29) is 5.91 Å². The largest absolute Gasteiger partial charge is 0.342 e. The summed E-state index contributed by atoms with van der Waals surface area (Å²) in [5.41, 5.74) is 1.04. The number of amides is 1. The van der Waals surface area contributed by atoms with E-state index in [1.165, 1.54) is 12.8 Å². The molecule has 0 unspecified atom stereocenters. The summed E-state index contributed by atoms with van der Waals surface area (Å²) in [6.45, 7) is 13.1. The summed E-state index contributed by atoms with van der Waals surface area (Å²) < 4.78 is 0. The van der Waals surface area contributed by atoms with Crippen LogP contribution in [0.15, 0.2) is 0 Å². The van der Waals surface area contributed by atoms with E-state index in [4.69, 9.17) is 0 Å². The smallest absolute Gasteiger partial charge is 0.219 e. The zero-order chi connectivity index (χ0) is 12.1. The third kappa shape index (κ3) is 1.49. The lowest BCUT2D eigenvalue weighted by atomic mass is 9.43. The maximum absolute atomic E-state index is 11.2. The van der Waals surface area contributed by atoms with Crippen LogP contribution in [0.25, 0.3) is 0 Å². The Morgan fingerprint density at radius 2 is 1.50 bits per heavy atom. The minimum Gasteiger partial charge on any atom is -0.342 e. The van der Waals surface area contributed by atoms with Gasteiger partial charge in [0.05, 0.1) is 0 Å². The molecule has 0 N–H and O–H groups in total. The predicted molar refractivity (Wildman–Crippen MR) is 66.0 cm³/mol. The normalized spacial score (nSPS) is 25.8. The highest BCUT2D eigenvalue weighted by Crippen LogP contribution is 2.65. The molecular formula is C14H25NO. The average Bonchev–Trinajstić information content (AvgIpc) is 1.96. The van der Waals surface area contributed by atoms with Crippen molar-refractivity contribution in [2.45, 2.75) is 47.5 Å². The fourth-order valence-corrected chi connectivity index (χ4v) is 4.04. The maximum atomic E-state index is 11.2. The van der Waals surface area contributed by atoms with Gasteiger partial charge in [-0.1, -0.05) is 27.7 Å². The van der Waals surface area contributed by atoms with E-state index < -0.39 is 0 Å². The maximum Gasteiger partial charge on any atom is 0.219 e. The van der Waals surface area contributed by atoms with Crippen LogP contribution in [0.1, 0.15) is 47.5 Å². The Hall–Kier alpha value is -0.530. The second kappa shape index (κ2) is 3.48. The Bertz CT molecular complexity index is 282. The topological polar surface area (TPSA) is 20.3 Å². The SMILES string of the molecule is CC(=O)N1CC2(C1)CC(C(C)C)(C(C)C)C2. The summed E-state index contributed by atoms with van der Waals surface area (Å²) in [7, 11) is 0. The lowest BCUT2D eigenvalue weighted by Gasteiger charge is -2.67. The number of rotatable bonds is 2. The van der Waals surface area contributed by atoms with Gasteiger partial charge in [0.25, 0.3) is 0 Å². The van der Waals surface area contributed by atoms with Crippen LogP contribution in [0.4, 0.5) is 0 Å². The van der Waals surface area contributed by atoms with E-state index in [0.717, 1.165) is 24.9 Å². The van der Waals surface area contributed by atoms with E-state index in [1.807, 2.05) is 4.90 Å². The Kier molecular flexibility index (Phi) is 2.60. The zero-order valence-electron chi connectivity index (χ0n) is 11.3. The van der Waals surface area contributed by atoms with Crippen LogP contribution in [0.5, 0.6) is 0 Å². The molecule has 1 spiro atoms. The number of likely N-dealkylation sites (tertiary alicyclic amines) is 1.